The Morgan fingerprint density at radius 3 is 2.29 bits per heavy atom. The first kappa shape index (κ1) is 19.0. The van der Waals surface area contributed by atoms with Crippen molar-refractivity contribution >= 4 is 17.8 Å². The molecule has 0 unspecified atom stereocenters. The Bertz CT molecular complexity index is 1020. The first-order valence-corrected chi connectivity index (χ1v) is 8.50. The van der Waals surface area contributed by atoms with Crippen molar-refractivity contribution in [1.29, 1.82) is 0 Å². The summed E-state index contributed by atoms with van der Waals surface area (Å²) in [6, 6.07) is 19.1. The van der Waals surface area contributed by atoms with Crippen molar-refractivity contribution in [2.75, 3.05) is 7.11 Å². The molecule has 0 spiro atoms. The smallest absolute Gasteiger partial charge is 0.347 e. The molecule has 0 aliphatic carbocycles. The summed E-state index contributed by atoms with van der Waals surface area (Å²) in [5.41, 5.74) is 1.03. The van der Waals surface area contributed by atoms with Crippen molar-refractivity contribution in [3.63, 3.8) is 0 Å². The second kappa shape index (κ2) is 8.77. The van der Waals surface area contributed by atoms with Crippen LogP contribution in [0.2, 0.25) is 0 Å². The molecule has 0 aromatic heterocycles. The molecule has 0 N–H and O–H groups in total. The quantitative estimate of drug-likeness (QED) is 0.264. The maximum absolute atomic E-state index is 13.6. The molecule has 0 saturated carbocycles. The average molecular weight is 376 g/mol. The maximum atomic E-state index is 13.6. The van der Waals surface area contributed by atoms with Gasteiger partial charge in [-0.3, -0.25) is 4.79 Å². The molecule has 28 heavy (non-hydrogen) atoms. The molecule has 3 aromatic carbocycles. The van der Waals surface area contributed by atoms with E-state index in [2.05, 4.69) is 0 Å². The summed E-state index contributed by atoms with van der Waals surface area (Å²) >= 11 is 0. The fourth-order valence-electron chi connectivity index (χ4n) is 2.53. The van der Waals surface area contributed by atoms with Crippen LogP contribution in [0.25, 0.3) is 6.08 Å². The average Bonchev–Trinajstić information content (AvgIpc) is 2.73. The Balaban J connectivity index is 1.68. The number of carbonyl (C=O) groups is 2. The minimum absolute atomic E-state index is 0.286. The molecule has 0 radical (unpaired) electrons. The van der Waals surface area contributed by atoms with Crippen LogP contribution in [0.15, 0.2) is 78.9 Å². The molecular weight excluding hydrogens is 359 g/mol. The van der Waals surface area contributed by atoms with E-state index >= 15 is 0 Å². The summed E-state index contributed by atoms with van der Waals surface area (Å²) in [5.74, 6) is -0.532. The Kier molecular flexibility index (Phi) is 5.97. The van der Waals surface area contributed by atoms with Crippen LogP contribution in [0.4, 0.5) is 4.39 Å². The zero-order valence-corrected chi connectivity index (χ0v) is 15.1. The Labute approximate surface area is 161 Å². The summed E-state index contributed by atoms with van der Waals surface area (Å²) in [5, 5.41) is 0. The number of esters is 1. The number of ketones is 1. The molecule has 0 bridgehead atoms. The van der Waals surface area contributed by atoms with Crippen LogP contribution in [-0.4, -0.2) is 18.9 Å². The summed E-state index contributed by atoms with van der Waals surface area (Å²) in [7, 11) is 1.47. The highest BCUT2D eigenvalue weighted by molar-refractivity contribution is 6.06. The third-order valence-corrected chi connectivity index (χ3v) is 4.00. The van der Waals surface area contributed by atoms with Crippen LogP contribution < -0.4 is 9.47 Å². The molecule has 0 aliphatic heterocycles. The standard InChI is InChI=1S/C23H17FO4/c1-27-22-9-5-3-7-19(22)23(26)28-18-13-10-17(11-14-18)21(25)15-12-16-6-2-4-8-20(16)24/h2-15H,1H3. The number of hydrogen-bond donors (Lipinski definition) is 0. The second-order valence-corrected chi connectivity index (χ2v) is 5.83. The van der Waals surface area contributed by atoms with Crippen LogP contribution in [0, 0.1) is 5.82 Å². The van der Waals surface area contributed by atoms with Crippen molar-refractivity contribution < 1.29 is 23.5 Å². The third-order valence-electron chi connectivity index (χ3n) is 4.00. The highest BCUT2D eigenvalue weighted by Gasteiger charge is 2.14. The predicted molar refractivity (Wildman–Crippen MR) is 104 cm³/mol. The van der Waals surface area contributed by atoms with Gasteiger partial charge < -0.3 is 9.47 Å². The fourth-order valence-corrected chi connectivity index (χ4v) is 2.53. The van der Waals surface area contributed by atoms with E-state index in [1.54, 1.807) is 54.6 Å². The number of hydrogen-bond acceptors (Lipinski definition) is 4. The van der Waals surface area contributed by atoms with Crippen LogP contribution >= 0.6 is 0 Å². The highest BCUT2D eigenvalue weighted by atomic mass is 19.1. The van der Waals surface area contributed by atoms with Crippen molar-refractivity contribution in [3.8, 4) is 11.5 Å². The lowest BCUT2D eigenvalue weighted by molar-refractivity contribution is 0.0731. The van der Waals surface area contributed by atoms with Crippen molar-refractivity contribution in [2.45, 2.75) is 0 Å². The Morgan fingerprint density at radius 1 is 0.893 bits per heavy atom. The van der Waals surface area contributed by atoms with Crippen molar-refractivity contribution in [2.24, 2.45) is 0 Å². The van der Waals surface area contributed by atoms with Gasteiger partial charge in [-0.15, -0.1) is 0 Å². The number of allylic oxidation sites excluding steroid dienone is 1. The lowest BCUT2D eigenvalue weighted by Crippen LogP contribution is -2.10. The molecule has 0 heterocycles. The summed E-state index contributed by atoms with van der Waals surface area (Å²) in [6.45, 7) is 0. The van der Waals surface area contributed by atoms with Gasteiger partial charge in [-0.2, -0.15) is 0 Å². The monoisotopic (exact) mass is 376 g/mol. The van der Waals surface area contributed by atoms with Crippen molar-refractivity contribution in [3.05, 3.63) is 101 Å². The molecule has 0 aliphatic rings. The second-order valence-electron chi connectivity index (χ2n) is 5.83. The molecule has 140 valence electrons. The molecule has 0 saturated heterocycles. The summed E-state index contributed by atoms with van der Waals surface area (Å²) in [6.07, 6.45) is 2.72. The van der Waals surface area contributed by atoms with E-state index in [1.807, 2.05) is 0 Å². The molecular formula is C23H17FO4. The maximum Gasteiger partial charge on any atom is 0.347 e. The van der Waals surface area contributed by atoms with E-state index in [0.29, 0.717) is 28.2 Å². The lowest BCUT2D eigenvalue weighted by Gasteiger charge is -2.08. The molecule has 0 fully saturated rings. The van der Waals surface area contributed by atoms with Gasteiger partial charge in [0.15, 0.2) is 5.78 Å². The zero-order chi connectivity index (χ0) is 19.9. The first-order valence-electron chi connectivity index (χ1n) is 8.50. The predicted octanol–water partition coefficient (Wildman–Crippen LogP) is 4.95. The molecule has 3 aromatic rings. The fraction of sp³-hybridized carbons (Fsp3) is 0.0435. The number of para-hydroxylation sites is 1. The zero-order valence-electron chi connectivity index (χ0n) is 15.1. The van der Waals surface area contributed by atoms with Gasteiger partial charge in [0.2, 0.25) is 0 Å². The molecule has 4 nitrogen and oxygen atoms in total. The highest BCUT2D eigenvalue weighted by Crippen LogP contribution is 2.21. The first-order chi connectivity index (χ1) is 13.6. The van der Waals surface area contributed by atoms with Crippen LogP contribution in [0.5, 0.6) is 11.5 Å². The minimum Gasteiger partial charge on any atom is -0.496 e. The number of methoxy groups -OCH3 is 1. The number of rotatable bonds is 6. The van der Waals surface area contributed by atoms with Gasteiger partial charge in [0.25, 0.3) is 0 Å². The van der Waals surface area contributed by atoms with E-state index < -0.39 is 11.8 Å². The van der Waals surface area contributed by atoms with Gasteiger partial charge in [-0.25, -0.2) is 9.18 Å². The van der Waals surface area contributed by atoms with Gasteiger partial charge in [0.1, 0.15) is 22.9 Å². The lowest BCUT2D eigenvalue weighted by atomic mass is 10.1. The largest absolute Gasteiger partial charge is 0.496 e. The number of halogens is 1. The van der Waals surface area contributed by atoms with Gasteiger partial charge in [0.05, 0.1) is 7.11 Å². The van der Waals surface area contributed by atoms with E-state index in [1.165, 1.54) is 37.5 Å². The third kappa shape index (κ3) is 4.51. The van der Waals surface area contributed by atoms with Gasteiger partial charge >= 0.3 is 5.97 Å². The number of ether oxygens (including phenoxy) is 2. The molecule has 5 heteroatoms. The van der Waals surface area contributed by atoms with E-state index in [-0.39, 0.29) is 5.78 Å². The minimum atomic E-state index is -0.559. The van der Waals surface area contributed by atoms with Crippen LogP contribution in [0.3, 0.4) is 0 Å². The van der Waals surface area contributed by atoms with E-state index in [0.717, 1.165) is 0 Å². The molecule has 0 atom stereocenters. The topological polar surface area (TPSA) is 52.6 Å². The Hall–Kier alpha value is -3.73. The van der Waals surface area contributed by atoms with E-state index in [9.17, 15) is 14.0 Å². The normalized spacial score (nSPS) is 10.6. The molecule has 3 rings (SSSR count). The number of carbonyl (C=O) groups excluding carboxylic acids is 2. The summed E-state index contributed by atoms with van der Waals surface area (Å²) < 4.78 is 24.1. The van der Waals surface area contributed by atoms with Crippen molar-refractivity contribution in [1.82, 2.24) is 0 Å². The molecule has 0 amide bonds. The summed E-state index contributed by atoms with van der Waals surface area (Å²) in [4.78, 5) is 24.5. The van der Waals surface area contributed by atoms with Gasteiger partial charge in [-0.05, 0) is 54.6 Å². The Morgan fingerprint density at radius 2 is 1.57 bits per heavy atom. The SMILES string of the molecule is COc1ccccc1C(=O)Oc1ccc(C(=O)C=Cc2ccccc2F)cc1. The van der Waals surface area contributed by atoms with E-state index in [4.69, 9.17) is 9.47 Å². The number of benzene rings is 3. The van der Waals surface area contributed by atoms with Gasteiger partial charge in [-0.1, -0.05) is 30.3 Å². The van der Waals surface area contributed by atoms with Crippen LogP contribution in [-0.2, 0) is 0 Å². The van der Waals surface area contributed by atoms with Gasteiger partial charge in [0, 0.05) is 11.1 Å². The van der Waals surface area contributed by atoms with Crippen LogP contribution in [0.1, 0.15) is 26.3 Å².